The number of ether oxygens (including phenoxy) is 1. The molecule has 1 aromatic heterocycles. The molecule has 0 aliphatic rings. The maximum absolute atomic E-state index is 12.5. The lowest BCUT2D eigenvalue weighted by atomic mass is 10.2. The average molecular weight is 416 g/mol. The van der Waals surface area contributed by atoms with Crippen LogP contribution in [0.1, 0.15) is 16.2 Å². The number of hydrogen-bond acceptors (Lipinski definition) is 5. The number of alkyl halides is 2. The number of halogens is 2. The molecule has 0 saturated carbocycles. The van der Waals surface area contributed by atoms with Gasteiger partial charge in [-0.2, -0.15) is 8.78 Å². The Labute approximate surface area is 169 Å². The predicted octanol–water partition coefficient (Wildman–Crippen LogP) is 1.91. The largest absolute Gasteiger partial charge is 0.434 e. The Morgan fingerprint density at radius 3 is 2.63 bits per heavy atom. The van der Waals surface area contributed by atoms with Gasteiger partial charge in [0.2, 0.25) is 5.91 Å². The highest BCUT2D eigenvalue weighted by atomic mass is 19.3. The first-order valence-corrected chi connectivity index (χ1v) is 8.89. The number of amides is 2. The lowest BCUT2D eigenvalue weighted by Crippen LogP contribution is -2.38. The normalized spacial score (nSPS) is 10.8. The van der Waals surface area contributed by atoms with Crippen molar-refractivity contribution < 1.29 is 23.1 Å². The van der Waals surface area contributed by atoms with Gasteiger partial charge in [0.15, 0.2) is 0 Å². The zero-order chi connectivity index (χ0) is 21.7. The first-order chi connectivity index (χ1) is 14.3. The van der Waals surface area contributed by atoms with Gasteiger partial charge in [-0.05, 0) is 24.3 Å². The molecule has 30 heavy (non-hydrogen) atoms. The highest BCUT2D eigenvalue weighted by Gasteiger charge is 2.17. The monoisotopic (exact) mass is 416 g/mol. The number of hydrogen-bond donors (Lipinski definition) is 2. The molecule has 2 aromatic carbocycles. The van der Waals surface area contributed by atoms with Crippen molar-refractivity contribution >= 4 is 22.7 Å². The number of rotatable bonds is 7. The molecule has 2 N–H and O–H groups in total. The fraction of sp³-hybridized carbons (Fsp3) is 0.200. The van der Waals surface area contributed by atoms with Crippen LogP contribution in [0.2, 0.25) is 0 Å². The fourth-order valence-electron chi connectivity index (χ4n) is 2.76. The van der Waals surface area contributed by atoms with E-state index >= 15 is 0 Å². The molecule has 156 valence electrons. The predicted molar refractivity (Wildman–Crippen MR) is 104 cm³/mol. The van der Waals surface area contributed by atoms with Crippen LogP contribution in [0.5, 0.6) is 5.75 Å². The minimum atomic E-state index is -3.08. The topological polar surface area (TPSA) is 104 Å². The Kier molecular flexibility index (Phi) is 6.35. The first kappa shape index (κ1) is 20.9. The van der Waals surface area contributed by atoms with E-state index < -0.39 is 18.4 Å². The second-order valence-corrected chi connectivity index (χ2v) is 6.34. The Balaban J connectivity index is 1.63. The van der Waals surface area contributed by atoms with Crippen molar-refractivity contribution in [2.24, 2.45) is 0 Å². The van der Waals surface area contributed by atoms with Gasteiger partial charge in [-0.1, -0.05) is 24.3 Å². The number of para-hydroxylation sites is 2. The third-order valence-electron chi connectivity index (χ3n) is 4.22. The summed E-state index contributed by atoms with van der Waals surface area (Å²) in [6, 6.07) is 12.3. The van der Waals surface area contributed by atoms with Crippen molar-refractivity contribution in [2.45, 2.75) is 13.2 Å². The summed E-state index contributed by atoms with van der Waals surface area (Å²) in [4.78, 5) is 44.9. The van der Waals surface area contributed by atoms with Gasteiger partial charge in [0.05, 0.1) is 29.6 Å². The summed E-state index contributed by atoms with van der Waals surface area (Å²) in [7, 11) is 1.48. The quantitative estimate of drug-likeness (QED) is 0.612. The maximum Gasteiger partial charge on any atom is 0.387 e. The molecule has 0 bridgehead atoms. The van der Waals surface area contributed by atoms with E-state index in [1.165, 1.54) is 36.2 Å². The number of fused-ring (bicyclic) bond motifs is 1. The van der Waals surface area contributed by atoms with Crippen LogP contribution in [0.3, 0.4) is 0 Å². The van der Waals surface area contributed by atoms with Crippen molar-refractivity contribution in [1.82, 2.24) is 20.2 Å². The van der Waals surface area contributed by atoms with Gasteiger partial charge >= 0.3 is 6.61 Å². The van der Waals surface area contributed by atoms with E-state index in [9.17, 15) is 23.2 Å². The summed E-state index contributed by atoms with van der Waals surface area (Å²) in [6.07, 6.45) is 0. The zero-order valence-corrected chi connectivity index (χ0v) is 15.9. The number of carbonyl (C=O) groups excluding carboxylic acids is 2. The molecular weight excluding hydrogens is 398 g/mol. The second-order valence-electron chi connectivity index (χ2n) is 6.34. The number of likely N-dealkylation sites (N-methyl/N-ethyl adjacent to an activating group) is 1. The van der Waals surface area contributed by atoms with E-state index in [0.29, 0.717) is 10.9 Å². The molecular formula is C20H18F2N4O4. The Morgan fingerprint density at radius 2 is 1.87 bits per heavy atom. The third kappa shape index (κ3) is 4.96. The van der Waals surface area contributed by atoms with Crippen LogP contribution < -0.4 is 15.6 Å². The van der Waals surface area contributed by atoms with Gasteiger partial charge < -0.3 is 19.9 Å². The third-order valence-corrected chi connectivity index (χ3v) is 4.22. The standard InChI is InChI=1S/C20H18F2N4O4/c1-26(11-16-24-14-8-4-2-6-12(14)19(29)25-16)17(27)10-23-18(28)13-7-3-5-9-15(13)30-20(21)22/h2-9,20H,10-11H2,1H3,(H,23,28)(H,24,25,29). The average Bonchev–Trinajstić information content (AvgIpc) is 2.71. The van der Waals surface area contributed by atoms with Crippen LogP contribution >= 0.6 is 0 Å². The minimum Gasteiger partial charge on any atom is -0.434 e. The highest BCUT2D eigenvalue weighted by molar-refractivity contribution is 5.98. The van der Waals surface area contributed by atoms with Gasteiger partial charge in [-0.25, -0.2) is 4.98 Å². The van der Waals surface area contributed by atoms with E-state index in [4.69, 9.17) is 0 Å². The summed E-state index contributed by atoms with van der Waals surface area (Å²) in [5.41, 5.74) is 0.0650. The van der Waals surface area contributed by atoms with Crippen LogP contribution in [-0.4, -0.2) is 46.9 Å². The summed E-state index contributed by atoms with van der Waals surface area (Å²) in [5.74, 6) is -1.20. The first-order valence-electron chi connectivity index (χ1n) is 8.89. The Morgan fingerprint density at radius 1 is 1.17 bits per heavy atom. The number of H-pyrrole nitrogens is 1. The molecule has 3 rings (SSSR count). The zero-order valence-electron chi connectivity index (χ0n) is 15.9. The number of benzene rings is 2. The van der Waals surface area contributed by atoms with Gasteiger partial charge in [0.25, 0.3) is 11.5 Å². The lowest BCUT2D eigenvalue weighted by molar-refractivity contribution is -0.129. The van der Waals surface area contributed by atoms with E-state index in [2.05, 4.69) is 20.0 Å². The number of aromatic nitrogens is 2. The maximum atomic E-state index is 12.5. The fourth-order valence-corrected chi connectivity index (χ4v) is 2.76. The minimum absolute atomic E-state index is 0.0137. The van der Waals surface area contributed by atoms with Crippen LogP contribution in [0.15, 0.2) is 53.3 Å². The van der Waals surface area contributed by atoms with Crippen molar-refractivity contribution in [3.63, 3.8) is 0 Å². The van der Waals surface area contributed by atoms with Crippen molar-refractivity contribution in [3.8, 4) is 5.75 Å². The van der Waals surface area contributed by atoms with Crippen LogP contribution in [0.25, 0.3) is 10.9 Å². The molecule has 8 nitrogen and oxygen atoms in total. The molecule has 0 saturated heterocycles. The number of aromatic amines is 1. The number of nitrogens with one attached hydrogen (secondary N) is 2. The summed E-state index contributed by atoms with van der Waals surface area (Å²) < 4.78 is 29.3. The van der Waals surface area contributed by atoms with Crippen LogP contribution in [0, 0.1) is 0 Å². The van der Waals surface area contributed by atoms with E-state index in [1.807, 2.05) is 0 Å². The molecule has 2 amide bonds. The van der Waals surface area contributed by atoms with E-state index in [0.717, 1.165) is 0 Å². The Hall–Kier alpha value is -3.82. The van der Waals surface area contributed by atoms with Crippen molar-refractivity contribution in [1.29, 1.82) is 0 Å². The molecule has 3 aromatic rings. The van der Waals surface area contributed by atoms with Crippen molar-refractivity contribution in [2.75, 3.05) is 13.6 Å². The molecule has 0 fully saturated rings. The van der Waals surface area contributed by atoms with E-state index in [-0.39, 0.29) is 35.8 Å². The molecule has 0 spiro atoms. The smallest absolute Gasteiger partial charge is 0.387 e. The SMILES string of the molecule is CN(Cc1nc2ccccc2c(=O)[nH]1)C(=O)CNC(=O)c1ccccc1OC(F)F. The number of nitrogens with zero attached hydrogens (tertiary/aromatic N) is 2. The molecule has 0 unspecified atom stereocenters. The molecule has 0 aliphatic carbocycles. The van der Waals surface area contributed by atoms with Crippen molar-refractivity contribution in [3.05, 3.63) is 70.3 Å². The van der Waals surface area contributed by atoms with Gasteiger partial charge in [-0.15, -0.1) is 0 Å². The molecule has 0 radical (unpaired) electrons. The molecule has 0 atom stereocenters. The highest BCUT2D eigenvalue weighted by Crippen LogP contribution is 2.20. The van der Waals surface area contributed by atoms with Crippen LogP contribution in [0.4, 0.5) is 8.78 Å². The Bertz CT molecular complexity index is 1130. The summed E-state index contributed by atoms with van der Waals surface area (Å²) >= 11 is 0. The molecule has 1 heterocycles. The van der Waals surface area contributed by atoms with Gasteiger partial charge in [0.1, 0.15) is 11.6 Å². The van der Waals surface area contributed by atoms with E-state index in [1.54, 1.807) is 24.3 Å². The molecule has 0 aliphatic heterocycles. The molecule has 10 heteroatoms. The second kappa shape index (κ2) is 9.12. The lowest BCUT2D eigenvalue weighted by Gasteiger charge is -2.17. The van der Waals surface area contributed by atoms with Gasteiger partial charge in [0, 0.05) is 7.05 Å². The van der Waals surface area contributed by atoms with Crippen LogP contribution in [-0.2, 0) is 11.3 Å². The summed E-state index contributed by atoms with van der Waals surface area (Å²) in [6.45, 7) is -3.45. The number of carbonyl (C=O) groups is 2. The van der Waals surface area contributed by atoms with Gasteiger partial charge in [-0.3, -0.25) is 14.4 Å². The summed E-state index contributed by atoms with van der Waals surface area (Å²) in [5, 5.41) is 2.81.